The van der Waals surface area contributed by atoms with Crippen LogP contribution in [0.2, 0.25) is 0 Å². The highest BCUT2D eigenvalue weighted by molar-refractivity contribution is 5.82. The van der Waals surface area contributed by atoms with Gasteiger partial charge in [0.1, 0.15) is 0 Å². The Kier molecular flexibility index (Phi) is 4.99. The van der Waals surface area contributed by atoms with Crippen LogP contribution in [0, 0.1) is 0 Å². The quantitative estimate of drug-likeness (QED) is 0.782. The van der Waals surface area contributed by atoms with Gasteiger partial charge in [0.25, 0.3) is 0 Å². The number of rotatable bonds is 6. The number of likely N-dealkylation sites (N-methyl/N-ethyl adjacent to an activating group) is 1. The van der Waals surface area contributed by atoms with Crippen LogP contribution in [0.3, 0.4) is 0 Å². The van der Waals surface area contributed by atoms with E-state index >= 15 is 0 Å². The third-order valence-corrected chi connectivity index (χ3v) is 3.62. The van der Waals surface area contributed by atoms with Crippen molar-refractivity contribution in [2.75, 3.05) is 19.6 Å². The van der Waals surface area contributed by atoms with Gasteiger partial charge in [-0.05, 0) is 31.9 Å². The molecular weight excluding hydrogens is 240 g/mol. The summed E-state index contributed by atoms with van der Waals surface area (Å²) in [7, 11) is 0. The molecule has 0 aromatic carbocycles. The van der Waals surface area contributed by atoms with Crippen LogP contribution < -0.4 is 11.1 Å². The van der Waals surface area contributed by atoms with Crippen LogP contribution >= 0.6 is 0 Å². The summed E-state index contributed by atoms with van der Waals surface area (Å²) in [6.45, 7) is 5.37. The van der Waals surface area contributed by atoms with Crippen LogP contribution in [-0.2, 0) is 11.3 Å². The van der Waals surface area contributed by atoms with Gasteiger partial charge in [0.05, 0.1) is 6.04 Å². The Bertz CT molecular complexity index is 390. The van der Waals surface area contributed by atoms with E-state index in [0.29, 0.717) is 6.54 Å². The van der Waals surface area contributed by atoms with Gasteiger partial charge in [-0.15, -0.1) is 0 Å². The number of nitrogens with one attached hydrogen (secondary N) is 1. The van der Waals surface area contributed by atoms with Crippen molar-refractivity contribution >= 4 is 5.91 Å². The largest absolute Gasteiger partial charge is 0.355 e. The molecule has 0 aliphatic carbocycles. The summed E-state index contributed by atoms with van der Waals surface area (Å²) in [5, 5.41) is 2.90. The van der Waals surface area contributed by atoms with Gasteiger partial charge in [0.15, 0.2) is 0 Å². The molecule has 2 rings (SSSR count). The first-order valence-corrected chi connectivity index (χ1v) is 7.08. The highest BCUT2D eigenvalue weighted by atomic mass is 16.2. The van der Waals surface area contributed by atoms with Crippen molar-refractivity contribution in [3.8, 4) is 0 Å². The summed E-state index contributed by atoms with van der Waals surface area (Å²) in [5.74, 6) is 0.122. The first-order chi connectivity index (χ1) is 9.20. The van der Waals surface area contributed by atoms with Gasteiger partial charge in [0, 0.05) is 44.6 Å². The smallest absolute Gasteiger partial charge is 0.237 e. The minimum Gasteiger partial charge on any atom is -0.355 e. The number of nitrogens with two attached hydrogens (primary N) is 1. The Labute approximate surface area is 114 Å². The third kappa shape index (κ3) is 3.81. The molecule has 1 aliphatic heterocycles. The van der Waals surface area contributed by atoms with Crippen molar-refractivity contribution in [3.05, 3.63) is 24.5 Å². The molecule has 5 heteroatoms. The molecule has 0 saturated carbocycles. The van der Waals surface area contributed by atoms with E-state index in [1.165, 1.54) is 0 Å². The highest BCUT2D eigenvalue weighted by Crippen LogP contribution is 2.17. The lowest BCUT2D eigenvalue weighted by atomic mass is 10.1. The van der Waals surface area contributed by atoms with E-state index in [1.807, 2.05) is 19.1 Å². The van der Waals surface area contributed by atoms with E-state index in [4.69, 9.17) is 5.73 Å². The maximum Gasteiger partial charge on any atom is 0.237 e. The number of amides is 1. The lowest BCUT2D eigenvalue weighted by Crippen LogP contribution is -2.43. The van der Waals surface area contributed by atoms with Crippen molar-refractivity contribution in [1.82, 2.24) is 14.8 Å². The monoisotopic (exact) mass is 264 g/mol. The zero-order valence-corrected chi connectivity index (χ0v) is 11.6. The number of carbonyl (C=O) groups is 1. The molecule has 0 spiro atoms. The van der Waals surface area contributed by atoms with Crippen LogP contribution in [0.1, 0.15) is 19.8 Å². The fourth-order valence-electron chi connectivity index (χ4n) is 2.73. The third-order valence-electron chi connectivity index (χ3n) is 3.62. The Hall–Kier alpha value is -1.33. The number of aryl methyl sites for hydroxylation is 1. The van der Waals surface area contributed by atoms with Crippen LogP contribution in [-0.4, -0.2) is 47.1 Å². The van der Waals surface area contributed by atoms with Gasteiger partial charge in [-0.25, -0.2) is 0 Å². The highest BCUT2D eigenvalue weighted by Gasteiger charge is 2.34. The molecule has 1 aromatic heterocycles. The van der Waals surface area contributed by atoms with Crippen LogP contribution in [0.4, 0.5) is 0 Å². The molecule has 1 fully saturated rings. The summed E-state index contributed by atoms with van der Waals surface area (Å²) in [6.07, 6.45) is 5.95. The van der Waals surface area contributed by atoms with Gasteiger partial charge < -0.3 is 15.6 Å². The topological polar surface area (TPSA) is 63.3 Å². The number of hydrogen-bond donors (Lipinski definition) is 2. The normalized spacial score (nSPS) is 23.7. The number of aromatic nitrogens is 1. The zero-order valence-electron chi connectivity index (χ0n) is 11.6. The van der Waals surface area contributed by atoms with E-state index in [0.717, 1.165) is 32.5 Å². The minimum absolute atomic E-state index is 0.0420. The van der Waals surface area contributed by atoms with E-state index in [2.05, 4.69) is 27.2 Å². The predicted molar refractivity (Wildman–Crippen MR) is 75.7 cm³/mol. The molecular formula is C14H24N4O. The van der Waals surface area contributed by atoms with Gasteiger partial charge in [-0.2, -0.15) is 0 Å². The molecule has 1 amide bonds. The lowest BCUT2D eigenvalue weighted by Gasteiger charge is -2.23. The predicted octanol–water partition coefficient (Wildman–Crippen LogP) is 0.416. The van der Waals surface area contributed by atoms with E-state index in [1.54, 1.807) is 0 Å². The fraction of sp³-hybridized carbons (Fsp3) is 0.643. The molecule has 1 aliphatic rings. The average molecular weight is 264 g/mol. The van der Waals surface area contributed by atoms with Crippen molar-refractivity contribution in [2.24, 2.45) is 5.73 Å². The maximum absolute atomic E-state index is 12.0. The first-order valence-electron chi connectivity index (χ1n) is 7.08. The molecule has 0 bridgehead atoms. The SMILES string of the molecule is CCNC(=O)[C@@H]1C[C@H](N)CN1CCCn1cccc1. The molecule has 1 aromatic rings. The Balaban J connectivity index is 1.81. The molecule has 5 nitrogen and oxygen atoms in total. The second-order valence-corrected chi connectivity index (χ2v) is 5.18. The number of nitrogens with zero attached hydrogens (tertiary/aromatic N) is 2. The summed E-state index contributed by atoms with van der Waals surface area (Å²) in [6, 6.07) is 4.14. The molecule has 2 heterocycles. The van der Waals surface area contributed by atoms with Crippen LogP contribution in [0.5, 0.6) is 0 Å². The molecule has 0 unspecified atom stereocenters. The molecule has 0 radical (unpaired) electrons. The second kappa shape index (κ2) is 6.73. The van der Waals surface area contributed by atoms with Crippen molar-refractivity contribution in [1.29, 1.82) is 0 Å². The van der Waals surface area contributed by atoms with Gasteiger partial charge >= 0.3 is 0 Å². The van der Waals surface area contributed by atoms with Gasteiger partial charge in [-0.1, -0.05) is 0 Å². The Morgan fingerprint density at radius 2 is 2.11 bits per heavy atom. The Morgan fingerprint density at radius 1 is 1.37 bits per heavy atom. The first kappa shape index (κ1) is 14.1. The molecule has 2 atom stereocenters. The molecule has 1 saturated heterocycles. The van der Waals surface area contributed by atoms with Crippen molar-refractivity contribution < 1.29 is 4.79 Å². The van der Waals surface area contributed by atoms with Gasteiger partial charge in [0.2, 0.25) is 5.91 Å². The number of likely N-dealkylation sites (tertiary alicyclic amines) is 1. The Morgan fingerprint density at radius 3 is 2.79 bits per heavy atom. The van der Waals surface area contributed by atoms with Crippen molar-refractivity contribution in [3.63, 3.8) is 0 Å². The van der Waals surface area contributed by atoms with Gasteiger partial charge in [-0.3, -0.25) is 9.69 Å². The summed E-state index contributed by atoms with van der Waals surface area (Å²) in [4.78, 5) is 14.2. The summed E-state index contributed by atoms with van der Waals surface area (Å²) < 4.78 is 2.16. The fourth-order valence-corrected chi connectivity index (χ4v) is 2.73. The standard InChI is InChI=1S/C14H24N4O/c1-2-16-14(19)13-10-12(15)11-18(13)9-5-8-17-6-3-4-7-17/h3-4,6-7,12-13H,2,5,8-11,15H2,1H3,(H,16,19)/t12-,13-/m0/s1. The van der Waals surface area contributed by atoms with Crippen molar-refractivity contribution in [2.45, 2.75) is 38.4 Å². The summed E-state index contributed by atoms with van der Waals surface area (Å²) >= 11 is 0. The maximum atomic E-state index is 12.0. The van der Waals surface area contributed by atoms with Crippen LogP contribution in [0.15, 0.2) is 24.5 Å². The average Bonchev–Trinajstić information content (AvgIpc) is 2.99. The van der Waals surface area contributed by atoms with E-state index in [-0.39, 0.29) is 18.0 Å². The molecule has 106 valence electrons. The summed E-state index contributed by atoms with van der Waals surface area (Å²) in [5.41, 5.74) is 5.99. The number of carbonyl (C=O) groups excluding carboxylic acids is 1. The lowest BCUT2D eigenvalue weighted by molar-refractivity contribution is -0.125. The zero-order chi connectivity index (χ0) is 13.7. The van der Waals surface area contributed by atoms with Crippen LogP contribution in [0.25, 0.3) is 0 Å². The second-order valence-electron chi connectivity index (χ2n) is 5.18. The molecule has 19 heavy (non-hydrogen) atoms. The number of hydrogen-bond acceptors (Lipinski definition) is 3. The minimum atomic E-state index is -0.0420. The molecule has 3 N–H and O–H groups in total. The van der Waals surface area contributed by atoms with E-state index < -0.39 is 0 Å². The van der Waals surface area contributed by atoms with E-state index in [9.17, 15) is 4.79 Å².